The van der Waals surface area contributed by atoms with Crippen molar-refractivity contribution in [2.45, 2.75) is 38.9 Å². The predicted molar refractivity (Wildman–Crippen MR) is 73.3 cm³/mol. The molecule has 0 radical (unpaired) electrons. The summed E-state index contributed by atoms with van der Waals surface area (Å²) in [7, 11) is 0. The molecule has 0 aliphatic carbocycles. The number of ether oxygens (including phenoxy) is 1. The second-order valence-electron chi connectivity index (χ2n) is 6.15. The van der Waals surface area contributed by atoms with Crippen molar-refractivity contribution in [1.29, 1.82) is 0 Å². The van der Waals surface area contributed by atoms with Gasteiger partial charge >= 0.3 is 0 Å². The van der Waals surface area contributed by atoms with Crippen LogP contribution in [-0.4, -0.2) is 30.6 Å². The standard InChI is InChI=1S/C15H21NO2/c1-14(2)10-16(11-15(3,4)18-14)13-8-6-5-7-12(13)9-17/h5-9H,10-11H2,1-4H3. The monoisotopic (exact) mass is 247 g/mol. The highest BCUT2D eigenvalue weighted by Crippen LogP contribution is 2.32. The molecule has 0 unspecified atom stereocenters. The number of aldehydes is 1. The third-order valence-electron chi connectivity index (χ3n) is 3.10. The Labute approximate surface area is 109 Å². The Balaban J connectivity index is 2.35. The van der Waals surface area contributed by atoms with Crippen LogP contribution in [0.15, 0.2) is 24.3 Å². The minimum Gasteiger partial charge on any atom is -0.366 e. The number of morpholine rings is 1. The van der Waals surface area contributed by atoms with Gasteiger partial charge in [0.05, 0.1) is 11.2 Å². The van der Waals surface area contributed by atoms with Gasteiger partial charge in [-0.1, -0.05) is 12.1 Å². The summed E-state index contributed by atoms with van der Waals surface area (Å²) in [6.45, 7) is 9.94. The number of carbonyl (C=O) groups is 1. The van der Waals surface area contributed by atoms with Crippen molar-refractivity contribution >= 4 is 12.0 Å². The van der Waals surface area contributed by atoms with Gasteiger partial charge in [-0.15, -0.1) is 0 Å². The molecule has 1 heterocycles. The summed E-state index contributed by atoms with van der Waals surface area (Å²) in [4.78, 5) is 13.4. The number of para-hydroxylation sites is 1. The number of rotatable bonds is 2. The predicted octanol–water partition coefficient (Wildman–Crippen LogP) is 2.89. The number of hydrogen-bond acceptors (Lipinski definition) is 3. The highest BCUT2D eigenvalue weighted by atomic mass is 16.5. The van der Waals surface area contributed by atoms with Crippen LogP contribution < -0.4 is 4.90 Å². The van der Waals surface area contributed by atoms with E-state index < -0.39 is 0 Å². The quantitative estimate of drug-likeness (QED) is 0.753. The van der Waals surface area contributed by atoms with Gasteiger partial charge in [0.25, 0.3) is 0 Å². The molecule has 98 valence electrons. The molecule has 18 heavy (non-hydrogen) atoms. The Morgan fingerprint density at radius 2 is 1.67 bits per heavy atom. The van der Waals surface area contributed by atoms with E-state index in [1.54, 1.807) is 0 Å². The maximum absolute atomic E-state index is 11.1. The Bertz CT molecular complexity index is 436. The molecule has 0 aromatic heterocycles. The summed E-state index contributed by atoms with van der Waals surface area (Å²) >= 11 is 0. The molecule has 1 fully saturated rings. The minimum absolute atomic E-state index is 0.211. The molecule has 1 saturated heterocycles. The lowest BCUT2D eigenvalue weighted by atomic mass is 9.97. The van der Waals surface area contributed by atoms with Crippen molar-refractivity contribution in [1.82, 2.24) is 0 Å². The van der Waals surface area contributed by atoms with Gasteiger partial charge in [0.2, 0.25) is 0 Å². The van der Waals surface area contributed by atoms with Crippen LogP contribution in [0.5, 0.6) is 0 Å². The summed E-state index contributed by atoms with van der Waals surface area (Å²) < 4.78 is 6.06. The lowest BCUT2D eigenvalue weighted by Crippen LogP contribution is -2.57. The first kappa shape index (κ1) is 13.1. The molecule has 1 aliphatic heterocycles. The smallest absolute Gasteiger partial charge is 0.152 e. The number of benzene rings is 1. The van der Waals surface area contributed by atoms with Crippen LogP contribution in [-0.2, 0) is 4.74 Å². The largest absolute Gasteiger partial charge is 0.366 e. The summed E-state index contributed by atoms with van der Waals surface area (Å²) in [6.07, 6.45) is 0.921. The van der Waals surface area contributed by atoms with E-state index in [0.29, 0.717) is 0 Å². The Hall–Kier alpha value is -1.35. The lowest BCUT2D eigenvalue weighted by Gasteiger charge is -2.48. The molecule has 1 aromatic rings. The zero-order valence-corrected chi connectivity index (χ0v) is 11.6. The molecule has 0 atom stereocenters. The van der Waals surface area contributed by atoms with Crippen LogP contribution in [0.2, 0.25) is 0 Å². The Morgan fingerprint density at radius 3 is 2.22 bits per heavy atom. The van der Waals surface area contributed by atoms with Gasteiger partial charge in [-0.3, -0.25) is 4.79 Å². The second kappa shape index (κ2) is 4.39. The van der Waals surface area contributed by atoms with Gasteiger partial charge in [0.1, 0.15) is 0 Å². The van der Waals surface area contributed by atoms with Crippen LogP contribution in [0.1, 0.15) is 38.1 Å². The topological polar surface area (TPSA) is 29.5 Å². The number of nitrogens with zero attached hydrogens (tertiary/aromatic N) is 1. The lowest BCUT2D eigenvalue weighted by molar-refractivity contribution is -0.133. The first-order valence-corrected chi connectivity index (χ1v) is 6.32. The first-order valence-electron chi connectivity index (χ1n) is 6.32. The highest BCUT2D eigenvalue weighted by molar-refractivity contribution is 5.84. The molecule has 0 bridgehead atoms. The molecule has 3 nitrogen and oxygen atoms in total. The molecule has 0 saturated carbocycles. The summed E-state index contributed by atoms with van der Waals surface area (Å²) in [6, 6.07) is 7.72. The third kappa shape index (κ3) is 2.72. The second-order valence-corrected chi connectivity index (χ2v) is 6.15. The molecule has 3 heteroatoms. The van der Waals surface area contributed by atoms with Gasteiger partial charge < -0.3 is 9.64 Å². The number of anilines is 1. The fraction of sp³-hybridized carbons (Fsp3) is 0.533. The van der Waals surface area contributed by atoms with Crippen molar-refractivity contribution < 1.29 is 9.53 Å². The van der Waals surface area contributed by atoms with Crippen molar-refractivity contribution in [3.8, 4) is 0 Å². The van der Waals surface area contributed by atoms with Gasteiger partial charge in [-0.25, -0.2) is 0 Å². The van der Waals surface area contributed by atoms with Crippen molar-refractivity contribution in [2.75, 3.05) is 18.0 Å². The van der Waals surface area contributed by atoms with E-state index >= 15 is 0 Å². The van der Waals surface area contributed by atoms with E-state index in [2.05, 4.69) is 32.6 Å². The van der Waals surface area contributed by atoms with Crippen LogP contribution >= 0.6 is 0 Å². The van der Waals surface area contributed by atoms with E-state index in [4.69, 9.17) is 4.74 Å². The summed E-state index contributed by atoms with van der Waals surface area (Å²) in [5, 5.41) is 0. The van der Waals surface area contributed by atoms with E-state index in [9.17, 15) is 4.79 Å². The molecule has 0 spiro atoms. The van der Waals surface area contributed by atoms with E-state index in [-0.39, 0.29) is 11.2 Å². The summed E-state index contributed by atoms with van der Waals surface area (Å²) in [5.74, 6) is 0. The molecule has 1 aromatic carbocycles. The third-order valence-corrected chi connectivity index (χ3v) is 3.10. The molecule has 1 aliphatic rings. The maximum atomic E-state index is 11.1. The first-order chi connectivity index (χ1) is 8.33. The Kier molecular flexibility index (Phi) is 3.20. The van der Waals surface area contributed by atoms with E-state index in [1.165, 1.54) is 0 Å². The van der Waals surface area contributed by atoms with Gasteiger partial charge in [-0.2, -0.15) is 0 Å². The van der Waals surface area contributed by atoms with Gasteiger partial charge in [0.15, 0.2) is 6.29 Å². The van der Waals surface area contributed by atoms with Crippen molar-refractivity contribution in [3.05, 3.63) is 29.8 Å². The van der Waals surface area contributed by atoms with Crippen LogP contribution in [0, 0.1) is 0 Å². The fourth-order valence-corrected chi connectivity index (χ4v) is 2.83. The fourth-order valence-electron chi connectivity index (χ4n) is 2.83. The van der Waals surface area contributed by atoms with Crippen LogP contribution in [0.25, 0.3) is 0 Å². The zero-order chi connectivity index (χ0) is 13.4. The van der Waals surface area contributed by atoms with E-state index in [1.807, 2.05) is 24.3 Å². The van der Waals surface area contributed by atoms with Crippen molar-refractivity contribution in [3.63, 3.8) is 0 Å². The molecule has 0 amide bonds. The van der Waals surface area contributed by atoms with Crippen LogP contribution in [0.3, 0.4) is 0 Å². The van der Waals surface area contributed by atoms with E-state index in [0.717, 1.165) is 30.6 Å². The normalized spacial score (nSPS) is 21.7. The molecular weight excluding hydrogens is 226 g/mol. The number of hydrogen-bond donors (Lipinski definition) is 0. The van der Waals surface area contributed by atoms with Gasteiger partial charge in [0, 0.05) is 24.3 Å². The molecular formula is C15H21NO2. The van der Waals surface area contributed by atoms with Crippen LogP contribution in [0.4, 0.5) is 5.69 Å². The average Bonchev–Trinajstić information content (AvgIpc) is 2.24. The highest BCUT2D eigenvalue weighted by Gasteiger charge is 2.38. The molecule has 2 rings (SSSR count). The SMILES string of the molecule is CC1(C)CN(c2ccccc2C=O)CC(C)(C)O1. The average molecular weight is 247 g/mol. The zero-order valence-electron chi connectivity index (χ0n) is 11.6. The summed E-state index contributed by atoms with van der Waals surface area (Å²) in [5.41, 5.74) is 1.32. The molecule has 0 N–H and O–H groups in total. The number of carbonyl (C=O) groups excluding carboxylic acids is 1. The van der Waals surface area contributed by atoms with Gasteiger partial charge in [-0.05, 0) is 39.8 Å². The Morgan fingerprint density at radius 1 is 1.11 bits per heavy atom. The minimum atomic E-state index is -0.211. The van der Waals surface area contributed by atoms with Crippen molar-refractivity contribution in [2.24, 2.45) is 0 Å². The maximum Gasteiger partial charge on any atom is 0.152 e.